The van der Waals surface area contributed by atoms with E-state index in [4.69, 9.17) is 16.7 Å². The maximum Gasteiger partial charge on any atom is 0.307 e. The monoisotopic (exact) mass is 453 g/mol. The summed E-state index contributed by atoms with van der Waals surface area (Å²) in [6.45, 7) is 0.191. The average Bonchev–Trinajstić information content (AvgIpc) is 3.01. The number of sulfonamides is 1. The molecule has 0 unspecified atom stereocenters. The molecule has 3 aromatic rings. The van der Waals surface area contributed by atoms with Crippen LogP contribution in [0.4, 0.5) is 0 Å². The number of thiazole rings is 1. The third kappa shape index (κ3) is 4.73. The number of aryl methyl sites for hydroxylation is 1. The molecule has 152 valence electrons. The number of primary sulfonamides is 1. The van der Waals surface area contributed by atoms with E-state index in [-0.39, 0.29) is 28.4 Å². The van der Waals surface area contributed by atoms with E-state index in [2.05, 4.69) is 9.73 Å². The van der Waals surface area contributed by atoms with E-state index in [1.54, 1.807) is 34.9 Å². The average molecular weight is 454 g/mol. The van der Waals surface area contributed by atoms with Gasteiger partial charge in [-0.2, -0.15) is 4.99 Å². The van der Waals surface area contributed by atoms with Gasteiger partial charge in [-0.3, -0.25) is 9.59 Å². The molecule has 29 heavy (non-hydrogen) atoms. The van der Waals surface area contributed by atoms with Gasteiger partial charge >= 0.3 is 5.97 Å². The number of nitrogens with two attached hydrogens (primary N) is 1. The van der Waals surface area contributed by atoms with Gasteiger partial charge < -0.3 is 9.30 Å². The van der Waals surface area contributed by atoms with E-state index < -0.39 is 21.9 Å². The topological polar surface area (TPSA) is 121 Å². The Kier molecular flexibility index (Phi) is 6.18. The number of hydrogen-bond acceptors (Lipinski definition) is 6. The molecule has 2 aromatic carbocycles. The van der Waals surface area contributed by atoms with Crippen molar-refractivity contribution >= 4 is 55.1 Å². The fraction of sp³-hybridized carbons (Fsp3) is 0.167. The van der Waals surface area contributed by atoms with Crippen LogP contribution in [0.25, 0.3) is 10.2 Å². The molecular formula is C18H16ClN3O5S2. The molecule has 0 atom stereocenters. The van der Waals surface area contributed by atoms with E-state index in [1.807, 2.05) is 0 Å². The van der Waals surface area contributed by atoms with Gasteiger partial charge in [0.05, 0.1) is 39.2 Å². The van der Waals surface area contributed by atoms with Crippen molar-refractivity contribution < 1.29 is 22.7 Å². The number of carbonyl (C=O) groups is 2. The first-order valence-electron chi connectivity index (χ1n) is 8.27. The summed E-state index contributed by atoms with van der Waals surface area (Å²) >= 11 is 7.17. The van der Waals surface area contributed by atoms with Crippen molar-refractivity contribution in [3.63, 3.8) is 0 Å². The molecule has 0 aliphatic rings. The van der Waals surface area contributed by atoms with E-state index in [0.29, 0.717) is 15.0 Å². The Morgan fingerprint density at radius 1 is 1.24 bits per heavy atom. The van der Waals surface area contributed by atoms with E-state index in [9.17, 15) is 18.0 Å². The zero-order valence-corrected chi connectivity index (χ0v) is 17.6. The predicted octanol–water partition coefficient (Wildman–Crippen LogP) is 2.31. The number of esters is 1. The summed E-state index contributed by atoms with van der Waals surface area (Å²) < 4.78 is 30.2. The molecule has 8 nitrogen and oxygen atoms in total. The lowest BCUT2D eigenvalue weighted by molar-refractivity contribution is -0.140. The number of carbonyl (C=O) groups excluding carboxylic acids is 2. The second kappa shape index (κ2) is 8.46. The van der Waals surface area contributed by atoms with E-state index in [0.717, 1.165) is 11.3 Å². The van der Waals surface area contributed by atoms with Crippen LogP contribution < -0.4 is 9.94 Å². The van der Waals surface area contributed by atoms with Gasteiger partial charge in [0.2, 0.25) is 10.0 Å². The minimum Gasteiger partial charge on any atom is -0.469 e. The number of aromatic nitrogens is 1. The SMILES string of the molecule is COC(=O)CCn1c(=NC(=O)c2ccccc2Cl)sc2cc(S(N)(=O)=O)ccc21. The van der Waals surface area contributed by atoms with Crippen LogP contribution in [-0.2, 0) is 26.1 Å². The van der Waals surface area contributed by atoms with Crippen molar-refractivity contribution in [3.8, 4) is 0 Å². The Hall–Kier alpha value is -2.53. The number of rotatable bonds is 5. The van der Waals surface area contributed by atoms with Crippen molar-refractivity contribution in [2.45, 2.75) is 17.9 Å². The molecule has 0 saturated carbocycles. The number of methoxy groups -OCH3 is 1. The molecule has 1 aromatic heterocycles. The maximum absolute atomic E-state index is 12.6. The molecule has 11 heteroatoms. The number of fused-ring (bicyclic) bond motifs is 1. The standard InChI is InChI=1S/C18H16ClN3O5S2/c1-27-16(23)8-9-22-14-7-6-11(29(20,25)26)10-15(14)28-18(22)21-17(24)12-4-2-3-5-13(12)19/h2-7,10H,8-9H2,1H3,(H2,20,25,26). The number of benzene rings is 2. The van der Waals surface area contributed by atoms with Crippen LogP contribution >= 0.6 is 22.9 Å². The Bertz CT molecular complexity index is 1280. The Morgan fingerprint density at radius 2 is 1.97 bits per heavy atom. The molecule has 0 aliphatic heterocycles. The summed E-state index contributed by atoms with van der Waals surface area (Å²) in [7, 11) is -2.61. The smallest absolute Gasteiger partial charge is 0.307 e. The highest BCUT2D eigenvalue weighted by Crippen LogP contribution is 2.22. The van der Waals surface area contributed by atoms with Crippen LogP contribution in [0, 0.1) is 0 Å². The number of amides is 1. The quantitative estimate of drug-likeness (QED) is 0.594. The van der Waals surface area contributed by atoms with Crippen molar-refractivity contribution in [1.82, 2.24) is 4.57 Å². The zero-order valence-electron chi connectivity index (χ0n) is 15.2. The number of halogens is 1. The molecule has 0 radical (unpaired) electrons. The first-order valence-corrected chi connectivity index (χ1v) is 11.0. The highest BCUT2D eigenvalue weighted by atomic mass is 35.5. The van der Waals surface area contributed by atoms with Crippen LogP contribution in [-0.4, -0.2) is 32.0 Å². The lowest BCUT2D eigenvalue weighted by Gasteiger charge is -2.05. The minimum atomic E-state index is -3.89. The fourth-order valence-electron chi connectivity index (χ4n) is 2.62. The third-order valence-electron chi connectivity index (χ3n) is 4.05. The molecule has 1 amide bonds. The number of ether oxygens (including phenoxy) is 1. The molecule has 2 N–H and O–H groups in total. The molecule has 0 bridgehead atoms. The first-order chi connectivity index (χ1) is 13.7. The Balaban J connectivity index is 2.16. The minimum absolute atomic E-state index is 0.0484. The van der Waals surface area contributed by atoms with Crippen LogP contribution in [0.15, 0.2) is 52.4 Å². The van der Waals surface area contributed by atoms with Crippen LogP contribution in [0.2, 0.25) is 5.02 Å². The normalized spacial score (nSPS) is 12.3. The second-order valence-electron chi connectivity index (χ2n) is 5.93. The van der Waals surface area contributed by atoms with Crippen molar-refractivity contribution in [1.29, 1.82) is 0 Å². The third-order valence-corrected chi connectivity index (χ3v) is 6.33. The van der Waals surface area contributed by atoms with Crippen molar-refractivity contribution in [2.24, 2.45) is 10.1 Å². The molecular weight excluding hydrogens is 438 g/mol. The Labute approximate surface area is 175 Å². The summed E-state index contributed by atoms with van der Waals surface area (Å²) in [6, 6.07) is 10.8. The van der Waals surface area contributed by atoms with Crippen LogP contribution in [0.5, 0.6) is 0 Å². The van der Waals surface area contributed by atoms with E-state index in [1.165, 1.54) is 19.2 Å². The fourth-order valence-corrected chi connectivity index (χ4v) is 4.54. The summed E-state index contributed by atoms with van der Waals surface area (Å²) in [5, 5.41) is 5.46. The molecule has 0 spiro atoms. The van der Waals surface area contributed by atoms with Crippen molar-refractivity contribution in [3.05, 3.63) is 57.9 Å². The molecule has 0 fully saturated rings. The first kappa shape index (κ1) is 21.2. The van der Waals surface area contributed by atoms with Gasteiger partial charge in [-0.25, -0.2) is 13.6 Å². The second-order valence-corrected chi connectivity index (χ2v) is 8.91. The van der Waals surface area contributed by atoms with Crippen LogP contribution in [0.1, 0.15) is 16.8 Å². The summed E-state index contributed by atoms with van der Waals surface area (Å²) in [6.07, 6.45) is 0.0484. The summed E-state index contributed by atoms with van der Waals surface area (Å²) in [4.78, 5) is 28.6. The number of hydrogen-bond donors (Lipinski definition) is 1. The van der Waals surface area contributed by atoms with Gasteiger partial charge in [-0.15, -0.1) is 0 Å². The molecule has 3 rings (SSSR count). The summed E-state index contributed by atoms with van der Waals surface area (Å²) in [5.74, 6) is -0.984. The largest absolute Gasteiger partial charge is 0.469 e. The Morgan fingerprint density at radius 3 is 2.62 bits per heavy atom. The van der Waals surface area contributed by atoms with Gasteiger partial charge in [0, 0.05) is 6.54 Å². The van der Waals surface area contributed by atoms with E-state index >= 15 is 0 Å². The van der Waals surface area contributed by atoms with Gasteiger partial charge in [-0.1, -0.05) is 35.1 Å². The zero-order chi connectivity index (χ0) is 21.2. The van der Waals surface area contributed by atoms with Crippen molar-refractivity contribution in [2.75, 3.05) is 7.11 Å². The van der Waals surface area contributed by atoms with Gasteiger partial charge in [0.1, 0.15) is 0 Å². The molecule has 0 saturated heterocycles. The number of nitrogens with zero attached hydrogens (tertiary/aromatic N) is 2. The molecule has 0 aliphatic carbocycles. The predicted molar refractivity (Wildman–Crippen MR) is 109 cm³/mol. The highest BCUT2D eigenvalue weighted by molar-refractivity contribution is 7.89. The molecule has 1 heterocycles. The lowest BCUT2D eigenvalue weighted by atomic mass is 10.2. The lowest BCUT2D eigenvalue weighted by Crippen LogP contribution is -2.19. The van der Waals surface area contributed by atoms with Crippen LogP contribution in [0.3, 0.4) is 0 Å². The van der Waals surface area contributed by atoms with Gasteiger partial charge in [0.25, 0.3) is 5.91 Å². The summed E-state index contributed by atoms with van der Waals surface area (Å²) in [5.41, 5.74) is 0.841. The highest BCUT2D eigenvalue weighted by Gasteiger charge is 2.15. The van der Waals surface area contributed by atoms with Gasteiger partial charge in [0.15, 0.2) is 4.80 Å². The maximum atomic E-state index is 12.6. The van der Waals surface area contributed by atoms with Gasteiger partial charge in [-0.05, 0) is 30.3 Å².